The molecule has 2 aromatic rings. The molecule has 0 fully saturated rings. The lowest BCUT2D eigenvalue weighted by Gasteiger charge is -2.23. The van der Waals surface area contributed by atoms with Gasteiger partial charge in [-0.05, 0) is 24.3 Å². The van der Waals surface area contributed by atoms with Crippen molar-refractivity contribution in [2.24, 2.45) is 0 Å². The number of hydrogen-bond acceptors (Lipinski definition) is 5. The third kappa shape index (κ3) is 1.90. The van der Waals surface area contributed by atoms with Crippen molar-refractivity contribution in [1.82, 2.24) is 4.98 Å². The van der Waals surface area contributed by atoms with E-state index in [1.165, 1.54) is 24.2 Å². The summed E-state index contributed by atoms with van der Waals surface area (Å²) in [6, 6.07) is 11.4. The van der Waals surface area contributed by atoms with Crippen LogP contribution in [0.1, 0.15) is 5.56 Å². The van der Waals surface area contributed by atoms with Crippen molar-refractivity contribution in [1.29, 1.82) is 0 Å². The molecule has 3 heterocycles. The Bertz CT molecular complexity index is 954. The Morgan fingerprint density at radius 3 is 2.48 bits per heavy atom. The molecule has 0 aliphatic carbocycles. The zero-order valence-electron chi connectivity index (χ0n) is 13.2. The van der Waals surface area contributed by atoms with Gasteiger partial charge in [-0.25, -0.2) is 9.88 Å². The van der Waals surface area contributed by atoms with E-state index in [1.54, 1.807) is 36.4 Å². The number of fused-ring (bicyclic) bond motifs is 1. The number of aliphatic hydroxyl groups is 1. The second-order valence-electron chi connectivity index (χ2n) is 5.82. The lowest BCUT2D eigenvalue weighted by Crippen LogP contribution is -2.44. The van der Waals surface area contributed by atoms with E-state index in [0.29, 0.717) is 5.69 Å². The van der Waals surface area contributed by atoms with Crippen LogP contribution in [-0.4, -0.2) is 34.9 Å². The molecular weight excluding hydrogens is 322 g/mol. The zero-order chi connectivity index (χ0) is 17.8. The third-order valence-electron chi connectivity index (χ3n) is 4.43. The Hall–Kier alpha value is -3.32. The van der Waals surface area contributed by atoms with Crippen LogP contribution in [0.3, 0.4) is 0 Å². The number of pyridine rings is 1. The molecule has 25 heavy (non-hydrogen) atoms. The smallest absolute Gasteiger partial charge is 0.269 e. The zero-order valence-corrected chi connectivity index (χ0v) is 13.2. The first-order chi connectivity index (χ1) is 12.0. The van der Waals surface area contributed by atoms with Crippen LogP contribution in [0, 0.1) is 0 Å². The summed E-state index contributed by atoms with van der Waals surface area (Å²) < 4.78 is 0. The van der Waals surface area contributed by atoms with Crippen LogP contribution < -0.4 is 9.80 Å². The van der Waals surface area contributed by atoms with Gasteiger partial charge < -0.3 is 5.11 Å². The van der Waals surface area contributed by atoms with Crippen molar-refractivity contribution >= 4 is 29.2 Å². The van der Waals surface area contributed by atoms with Crippen LogP contribution in [0.5, 0.6) is 0 Å². The van der Waals surface area contributed by atoms with E-state index in [0.717, 1.165) is 11.0 Å². The Morgan fingerprint density at radius 1 is 1.04 bits per heavy atom. The van der Waals surface area contributed by atoms with E-state index < -0.39 is 23.3 Å². The topological polar surface area (TPSA) is 90.8 Å². The molecule has 0 saturated heterocycles. The van der Waals surface area contributed by atoms with Gasteiger partial charge in [-0.3, -0.25) is 19.3 Å². The molecule has 1 aromatic carbocycles. The van der Waals surface area contributed by atoms with Crippen LogP contribution in [0.15, 0.2) is 60.3 Å². The number of anilines is 2. The van der Waals surface area contributed by atoms with Crippen LogP contribution >= 0.6 is 0 Å². The van der Waals surface area contributed by atoms with E-state index in [1.807, 2.05) is 0 Å². The summed E-state index contributed by atoms with van der Waals surface area (Å²) >= 11 is 0. The fourth-order valence-corrected chi connectivity index (χ4v) is 3.21. The molecule has 2 aliphatic heterocycles. The minimum Gasteiger partial charge on any atom is -0.371 e. The lowest BCUT2D eigenvalue weighted by molar-refractivity contribution is -0.135. The van der Waals surface area contributed by atoms with Crippen LogP contribution in [-0.2, 0) is 20.0 Å². The van der Waals surface area contributed by atoms with Crippen molar-refractivity contribution < 1.29 is 19.5 Å². The second-order valence-corrected chi connectivity index (χ2v) is 5.82. The molecule has 7 heteroatoms. The number of likely N-dealkylation sites (N-methyl/N-ethyl adjacent to an activating group) is 1. The predicted octanol–water partition coefficient (Wildman–Crippen LogP) is 0.745. The summed E-state index contributed by atoms with van der Waals surface area (Å²) in [4.78, 5) is 44.1. The fraction of sp³-hybridized carbons (Fsp3) is 0.111. The Balaban J connectivity index is 1.83. The molecule has 0 unspecified atom stereocenters. The van der Waals surface area contributed by atoms with Crippen molar-refractivity contribution in [3.63, 3.8) is 0 Å². The summed E-state index contributed by atoms with van der Waals surface area (Å²) in [7, 11) is 1.46. The number of amides is 3. The molecule has 0 saturated carbocycles. The quantitative estimate of drug-likeness (QED) is 0.818. The molecule has 2 aliphatic rings. The van der Waals surface area contributed by atoms with E-state index >= 15 is 0 Å². The van der Waals surface area contributed by atoms with E-state index in [2.05, 4.69) is 4.98 Å². The van der Waals surface area contributed by atoms with Gasteiger partial charge in [0.25, 0.3) is 17.7 Å². The maximum Gasteiger partial charge on any atom is 0.269 e. The van der Waals surface area contributed by atoms with Crippen molar-refractivity contribution in [3.8, 4) is 0 Å². The lowest BCUT2D eigenvalue weighted by atomic mass is 9.88. The highest BCUT2D eigenvalue weighted by Gasteiger charge is 2.57. The Morgan fingerprint density at radius 2 is 1.76 bits per heavy atom. The molecule has 1 atom stereocenters. The number of rotatable bonds is 2. The molecule has 124 valence electrons. The number of para-hydroxylation sites is 1. The van der Waals surface area contributed by atoms with E-state index in [9.17, 15) is 19.5 Å². The standard InChI is InChI=1S/C18H13N3O4/c1-20-15-12(8-5-9-19-15)18(25,17(20)24)13-10-14(22)21(16(13)23)11-6-3-2-4-7-11/h2-10,25H,1H3/t18-/m1/s1. The minimum absolute atomic E-state index is 0.185. The first-order valence-corrected chi connectivity index (χ1v) is 7.58. The van der Waals surface area contributed by atoms with Gasteiger partial charge >= 0.3 is 0 Å². The summed E-state index contributed by atoms with van der Waals surface area (Å²) in [5.41, 5.74) is -1.94. The van der Waals surface area contributed by atoms with Crippen LogP contribution in [0.2, 0.25) is 0 Å². The van der Waals surface area contributed by atoms with E-state index in [-0.39, 0.29) is 17.0 Å². The molecule has 3 amide bonds. The average Bonchev–Trinajstić information content (AvgIpc) is 3.04. The van der Waals surface area contributed by atoms with Gasteiger partial charge in [0.2, 0.25) is 5.60 Å². The Labute approximate surface area is 142 Å². The maximum absolute atomic E-state index is 12.9. The summed E-state index contributed by atoms with van der Waals surface area (Å²) in [5, 5.41) is 11.1. The number of benzene rings is 1. The molecule has 0 bridgehead atoms. The molecule has 1 N–H and O–H groups in total. The third-order valence-corrected chi connectivity index (χ3v) is 4.43. The van der Waals surface area contributed by atoms with Crippen molar-refractivity contribution in [2.45, 2.75) is 5.60 Å². The van der Waals surface area contributed by atoms with Gasteiger partial charge in [-0.15, -0.1) is 0 Å². The number of carbonyl (C=O) groups excluding carboxylic acids is 3. The first-order valence-electron chi connectivity index (χ1n) is 7.58. The van der Waals surface area contributed by atoms with Crippen molar-refractivity contribution in [3.05, 3.63) is 65.9 Å². The van der Waals surface area contributed by atoms with Crippen molar-refractivity contribution in [2.75, 3.05) is 16.8 Å². The van der Waals surface area contributed by atoms with Gasteiger partial charge in [0.1, 0.15) is 5.82 Å². The largest absolute Gasteiger partial charge is 0.371 e. The SMILES string of the molecule is CN1C(=O)[C@](O)(C2=CC(=O)N(c3ccccc3)C2=O)c2cccnc21. The number of hydrogen-bond donors (Lipinski definition) is 1. The van der Waals surface area contributed by atoms with E-state index in [4.69, 9.17) is 0 Å². The summed E-state index contributed by atoms with van der Waals surface area (Å²) in [6.45, 7) is 0. The molecule has 1 aromatic heterocycles. The summed E-state index contributed by atoms with van der Waals surface area (Å²) in [6.07, 6.45) is 2.50. The maximum atomic E-state index is 12.9. The predicted molar refractivity (Wildman–Crippen MR) is 88.6 cm³/mol. The molecule has 0 spiro atoms. The minimum atomic E-state index is -2.23. The van der Waals surface area contributed by atoms with Gasteiger partial charge in [0.05, 0.1) is 11.3 Å². The molecule has 0 radical (unpaired) electrons. The molecular formula is C18H13N3O4. The number of nitrogens with zero attached hydrogens (tertiary/aromatic N) is 3. The monoisotopic (exact) mass is 335 g/mol. The van der Waals surface area contributed by atoms with Gasteiger partial charge in [-0.1, -0.05) is 18.2 Å². The van der Waals surface area contributed by atoms with Crippen LogP contribution in [0.4, 0.5) is 11.5 Å². The fourth-order valence-electron chi connectivity index (χ4n) is 3.21. The molecule has 7 nitrogen and oxygen atoms in total. The highest BCUT2D eigenvalue weighted by molar-refractivity contribution is 6.33. The first kappa shape index (κ1) is 15.2. The van der Waals surface area contributed by atoms with Crippen LogP contribution in [0.25, 0.3) is 0 Å². The van der Waals surface area contributed by atoms with Gasteiger partial charge in [0, 0.05) is 24.9 Å². The highest BCUT2D eigenvalue weighted by Crippen LogP contribution is 2.44. The number of aromatic nitrogens is 1. The number of carbonyl (C=O) groups is 3. The Kier molecular flexibility index (Phi) is 3.10. The van der Waals surface area contributed by atoms with Gasteiger partial charge in [0.15, 0.2) is 0 Å². The van der Waals surface area contributed by atoms with Gasteiger partial charge in [-0.2, -0.15) is 0 Å². The second kappa shape index (κ2) is 5.09. The normalized spacial score (nSPS) is 22.5. The molecule has 4 rings (SSSR count). The average molecular weight is 335 g/mol. The summed E-state index contributed by atoms with van der Waals surface area (Å²) in [5.74, 6) is -1.79. The number of imide groups is 1. The highest BCUT2D eigenvalue weighted by atomic mass is 16.3.